The first kappa shape index (κ1) is 18.5. The van der Waals surface area contributed by atoms with Crippen LogP contribution < -0.4 is 0 Å². The van der Waals surface area contributed by atoms with Crippen molar-refractivity contribution in [2.75, 3.05) is 11.5 Å². The van der Waals surface area contributed by atoms with Gasteiger partial charge in [0.25, 0.3) is 0 Å². The van der Waals surface area contributed by atoms with Crippen LogP contribution in [-0.4, -0.2) is 25.7 Å². The lowest BCUT2D eigenvalue weighted by Crippen LogP contribution is -2.09. The average Bonchev–Trinajstić information content (AvgIpc) is 2.49. The Morgan fingerprint density at radius 3 is 2.65 bits per heavy atom. The van der Waals surface area contributed by atoms with E-state index in [1.165, 1.54) is 6.07 Å². The molecule has 2 rings (SSSR count). The lowest BCUT2D eigenvalue weighted by Gasteiger charge is -2.07. The molecular formula is C13H9Cl2F3N2OS2. The maximum Gasteiger partial charge on any atom is 0.433 e. The summed E-state index contributed by atoms with van der Waals surface area (Å²) >= 11 is 12.8. The van der Waals surface area contributed by atoms with Crippen molar-refractivity contribution in [1.82, 2.24) is 9.97 Å². The van der Waals surface area contributed by atoms with Gasteiger partial charge in [0.15, 0.2) is 5.16 Å². The normalized spacial score (nSPS) is 13.1. The van der Waals surface area contributed by atoms with E-state index in [0.717, 1.165) is 24.0 Å². The third-order valence-corrected chi connectivity index (χ3v) is 5.76. The lowest BCUT2D eigenvalue weighted by molar-refractivity contribution is -0.141. The molecule has 0 bridgehead atoms. The number of aromatic nitrogens is 2. The van der Waals surface area contributed by atoms with Crippen LogP contribution in [-0.2, 0) is 17.0 Å². The molecule has 0 aliphatic heterocycles. The molecule has 1 aromatic carbocycles. The molecule has 0 aliphatic rings. The van der Waals surface area contributed by atoms with E-state index < -0.39 is 22.7 Å². The first-order valence-corrected chi connectivity index (χ1v) is 9.20. The van der Waals surface area contributed by atoms with Crippen molar-refractivity contribution in [3.05, 3.63) is 46.2 Å². The number of hydrogen-bond acceptors (Lipinski definition) is 4. The van der Waals surface area contributed by atoms with Crippen LogP contribution >= 0.6 is 35.0 Å². The fourth-order valence-electron chi connectivity index (χ4n) is 1.54. The third-order valence-electron chi connectivity index (χ3n) is 2.56. The zero-order valence-corrected chi connectivity index (χ0v) is 14.5. The zero-order chi connectivity index (χ0) is 17.0. The Morgan fingerprint density at radius 2 is 1.96 bits per heavy atom. The first-order valence-electron chi connectivity index (χ1n) is 6.14. The molecule has 3 nitrogen and oxygen atoms in total. The van der Waals surface area contributed by atoms with E-state index in [2.05, 4.69) is 9.97 Å². The average molecular weight is 401 g/mol. The molecule has 2 aromatic rings. The van der Waals surface area contributed by atoms with E-state index in [1.807, 2.05) is 0 Å². The third kappa shape index (κ3) is 5.34. The highest BCUT2D eigenvalue weighted by atomic mass is 35.5. The Balaban J connectivity index is 1.97. The molecule has 0 saturated carbocycles. The zero-order valence-electron chi connectivity index (χ0n) is 11.3. The van der Waals surface area contributed by atoms with E-state index in [4.69, 9.17) is 23.2 Å². The van der Waals surface area contributed by atoms with E-state index in [-0.39, 0.29) is 16.7 Å². The van der Waals surface area contributed by atoms with Gasteiger partial charge in [-0.1, -0.05) is 35.0 Å². The summed E-state index contributed by atoms with van der Waals surface area (Å²) in [6.45, 7) is 0. The number of rotatable bonds is 5. The van der Waals surface area contributed by atoms with Crippen LogP contribution in [0.3, 0.4) is 0 Å². The molecule has 0 N–H and O–H groups in total. The molecule has 1 atom stereocenters. The van der Waals surface area contributed by atoms with Gasteiger partial charge in [0.1, 0.15) is 5.69 Å². The molecule has 1 heterocycles. The van der Waals surface area contributed by atoms with Gasteiger partial charge in [-0.05, 0) is 24.3 Å². The summed E-state index contributed by atoms with van der Waals surface area (Å²) in [5.41, 5.74) is -1.01. The molecule has 0 spiro atoms. The van der Waals surface area contributed by atoms with Gasteiger partial charge in [0, 0.05) is 22.7 Å². The Bertz CT molecular complexity index is 729. The van der Waals surface area contributed by atoms with Gasteiger partial charge in [-0.25, -0.2) is 9.97 Å². The summed E-state index contributed by atoms with van der Waals surface area (Å²) < 4.78 is 49.8. The minimum absolute atomic E-state index is 0.0194. The maximum absolute atomic E-state index is 12.5. The van der Waals surface area contributed by atoms with Crippen LogP contribution in [0.4, 0.5) is 13.2 Å². The second-order valence-electron chi connectivity index (χ2n) is 4.20. The Hall–Kier alpha value is -0.830. The molecule has 124 valence electrons. The Labute approximate surface area is 147 Å². The first-order chi connectivity index (χ1) is 10.8. The molecular weight excluding hydrogens is 392 g/mol. The molecule has 0 radical (unpaired) electrons. The van der Waals surface area contributed by atoms with Crippen molar-refractivity contribution in [3.8, 4) is 0 Å². The van der Waals surface area contributed by atoms with Gasteiger partial charge in [0.05, 0.1) is 20.7 Å². The Kier molecular flexibility index (Phi) is 6.30. The van der Waals surface area contributed by atoms with E-state index >= 15 is 0 Å². The van der Waals surface area contributed by atoms with Crippen molar-refractivity contribution in [2.24, 2.45) is 0 Å². The monoisotopic (exact) mass is 400 g/mol. The highest BCUT2D eigenvalue weighted by molar-refractivity contribution is 8.00. The summed E-state index contributed by atoms with van der Waals surface area (Å²) in [6, 6.07) is 5.43. The summed E-state index contributed by atoms with van der Waals surface area (Å²) in [5.74, 6) is 0.459. The van der Waals surface area contributed by atoms with E-state index in [9.17, 15) is 17.4 Å². The van der Waals surface area contributed by atoms with E-state index in [1.54, 1.807) is 12.1 Å². The van der Waals surface area contributed by atoms with Gasteiger partial charge >= 0.3 is 6.18 Å². The molecule has 1 aromatic heterocycles. The standard InChI is InChI=1S/C13H9Cl2F3N2OS2/c14-8-1-2-9(15)10(7-8)23(21)6-5-22-12-19-4-3-11(20-12)13(16,17)18/h1-4,7H,5-6H2/t23-/m1/s1. The summed E-state index contributed by atoms with van der Waals surface area (Å²) in [4.78, 5) is 7.58. The van der Waals surface area contributed by atoms with Crippen LogP contribution in [0.15, 0.2) is 40.5 Å². The van der Waals surface area contributed by atoms with Gasteiger partial charge in [0.2, 0.25) is 0 Å². The highest BCUT2D eigenvalue weighted by Crippen LogP contribution is 2.29. The number of halogens is 5. The molecule has 0 aliphatic carbocycles. The maximum atomic E-state index is 12.5. The van der Waals surface area contributed by atoms with Crippen LogP contribution in [0, 0.1) is 0 Å². The molecule has 0 unspecified atom stereocenters. The molecule has 10 heteroatoms. The SMILES string of the molecule is O=[S@](CCSc1nccc(C(F)(F)F)n1)c1cc(Cl)ccc1Cl. The summed E-state index contributed by atoms with van der Waals surface area (Å²) in [7, 11) is -1.42. The van der Waals surface area contributed by atoms with Gasteiger partial charge in [-0.3, -0.25) is 4.21 Å². The molecule has 0 fully saturated rings. The van der Waals surface area contributed by atoms with Crippen LogP contribution in [0.25, 0.3) is 0 Å². The minimum atomic E-state index is -4.52. The van der Waals surface area contributed by atoms with Crippen molar-refractivity contribution in [2.45, 2.75) is 16.2 Å². The Morgan fingerprint density at radius 1 is 1.22 bits per heavy atom. The van der Waals surface area contributed by atoms with Gasteiger partial charge in [-0.15, -0.1) is 0 Å². The predicted octanol–water partition coefficient (Wildman–Crippen LogP) is 4.70. The molecule has 0 saturated heterocycles. The fraction of sp³-hybridized carbons (Fsp3) is 0.231. The second-order valence-corrected chi connectivity index (χ2v) is 7.64. The number of hydrogen-bond donors (Lipinski definition) is 0. The predicted molar refractivity (Wildman–Crippen MR) is 85.5 cm³/mol. The quantitative estimate of drug-likeness (QED) is 0.538. The van der Waals surface area contributed by atoms with Crippen molar-refractivity contribution in [1.29, 1.82) is 0 Å². The molecule has 23 heavy (non-hydrogen) atoms. The van der Waals surface area contributed by atoms with Crippen LogP contribution in [0.1, 0.15) is 5.69 Å². The van der Waals surface area contributed by atoms with Gasteiger partial charge in [-0.2, -0.15) is 13.2 Å². The second kappa shape index (κ2) is 7.83. The lowest BCUT2D eigenvalue weighted by atomic mass is 10.4. The number of nitrogens with zero attached hydrogens (tertiary/aromatic N) is 2. The number of thioether (sulfide) groups is 1. The fourth-order valence-corrected chi connectivity index (χ4v) is 4.33. The largest absolute Gasteiger partial charge is 0.433 e. The van der Waals surface area contributed by atoms with Crippen molar-refractivity contribution < 1.29 is 17.4 Å². The van der Waals surface area contributed by atoms with E-state index in [0.29, 0.717) is 14.9 Å². The number of benzene rings is 1. The number of alkyl halides is 3. The van der Waals surface area contributed by atoms with Gasteiger partial charge < -0.3 is 0 Å². The van der Waals surface area contributed by atoms with Crippen molar-refractivity contribution >= 4 is 45.8 Å². The summed E-state index contributed by atoms with van der Waals surface area (Å²) in [5, 5.41) is 0.716. The highest BCUT2D eigenvalue weighted by Gasteiger charge is 2.32. The summed E-state index contributed by atoms with van der Waals surface area (Å²) in [6.07, 6.45) is -3.47. The van der Waals surface area contributed by atoms with Crippen LogP contribution in [0.2, 0.25) is 10.0 Å². The smallest absolute Gasteiger partial charge is 0.254 e. The minimum Gasteiger partial charge on any atom is -0.254 e. The topological polar surface area (TPSA) is 42.9 Å². The molecule has 0 amide bonds. The van der Waals surface area contributed by atoms with Crippen molar-refractivity contribution in [3.63, 3.8) is 0 Å². The van der Waals surface area contributed by atoms with Crippen LogP contribution in [0.5, 0.6) is 0 Å².